The van der Waals surface area contributed by atoms with Crippen LogP contribution in [-0.4, -0.2) is 26.0 Å². The van der Waals surface area contributed by atoms with Gasteiger partial charge < -0.3 is 5.11 Å². The summed E-state index contributed by atoms with van der Waals surface area (Å²) in [4.78, 5) is 25.2. The summed E-state index contributed by atoms with van der Waals surface area (Å²) < 4.78 is 0. The third-order valence-corrected chi connectivity index (χ3v) is 4.50. The van der Waals surface area contributed by atoms with Gasteiger partial charge in [0.1, 0.15) is 10.7 Å². The second-order valence-corrected chi connectivity index (χ2v) is 5.99. The zero-order valence-electron chi connectivity index (χ0n) is 10.2. The van der Waals surface area contributed by atoms with E-state index in [1.54, 1.807) is 18.6 Å². The topological polar surface area (TPSA) is 76.0 Å². The molecule has 3 aromatic rings. The van der Waals surface area contributed by atoms with E-state index in [2.05, 4.69) is 15.0 Å². The molecular formula is C13H9N3O2S2. The number of carboxylic acid groups (broad SMARTS) is 1. The van der Waals surface area contributed by atoms with Crippen LogP contribution in [0.25, 0.3) is 21.3 Å². The first-order valence-electron chi connectivity index (χ1n) is 5.75. The van der Waals surface area contributed by atoms with E-state index in [0.717, 1.165) is 26.1 Å². The first-order chi connectivity index (χ1) is 9.72. The highest BCUT2D eigenvalue weighted by molar-refractivity contribution is 7.16. The highest BCUT2D eigenvalue weighted by Crippen LogP contribution is 2.32. The lowest BCUT2D eigenvalue weighted by molar-refractivity contribution is -0.136. The molecule has 0 saturated heterocycles. The summed E-state index contributed by atoms with van der Waals surface area (Å²) in [7, 11) is 0. The smallest absolute Gasteiger partial charge is 0.308 e. The minimum Gasteiger partial charge on any atom is -0.481 e. The van der Waals surface area contributed by atoms with Crippen molar-refractivity contribution < 1.29 is 9.90 Å². The van der Waals surface area contributed by atoms with Gasteiger partial charge in [0.25, 0.3) is 0 Å². The molecule has 0 aromatic carbocycles. The largest absolute Gasteiger partial charge is 0.481 e. The standard InChI is InChI=1S/C13H9N3O2S2/c17-12(18)5-8-1-2-11(20-8)10-7-19-13(16-10)9-6-14-3-4-15-9/h1-4,6-7H,5H2,(H,17,18). The van der Waals surface area contributed by atoms with Gasteiger partial charge in [-0.2, -0.15) is 0 Å². The van der Waals surface area contributed by atoms with Crippen molar-refractivity contribution in [3.63, 3.8) is 0 Å². The number of carboxylic acids is 1. The van der Waals surface area contributed by atoms with Gasteiger partial charge in [-0.25, -0.2) is 4.98 Å². The Balaban J connectivity index is 1.87. The van der Waals surface area contributed by atoms with E-state index in [4.69, 9.17) is 5.11 Å². The number of rotatable bonds is 4. The fraction of sp³-hybridized carbons (Fsp3) is 0.0769. The Hall–Kier alpha value is -2.12. The normalized spacial score (nSPS) is 10.6. The molecule has 0 spiro atoms. The van der Waals surface area contributed by atoms with Crippen LogP contribution in [0.5, 0.6) is 0 Å². The number of aromatic nitrogens is 3. The van der Waals surface area contributed by atoms with E-state index in [9.17, 15) is 4.79 Å². The number of thiazole rings is 1. The lowest BCUT2D eigenvalue weighted by Gasteiger charge is -1.92. The number of thiophene rings is 1. The third-order valence-electron chi connectivity index (χ3n) is 2.53. The number of nitrogens with zero attached hydrogens (tertiary/aromatic N) is 3. The molecule has 5 nitrogen and oxygen atoms in total. The van der Waals surface area contributed by atoms with Gasteiger partial charge in [-0.1, -0.05) is 0 Å². The molecule has 0 amide bonds. The molecule has 0 radical (unpaired) electrons. The monoisotopic (exact) mass is 303 g/mol. The van der Waals surface area contributed by atoms with Crippen LogP contribution < -0.4 is 0 Å². The Morgan fingerprint density at radius 2 is 2.15 bits per heavy atom. The number of carbonyl (C=O) groups is 1. The molecule has 3 heterocycles. The minimum atomic E-state index is -0.822. The van der Waals surface area contributed by atoms with E-state index in [-0.39, 0.29) is 6.42 Å². The highest BCUT2D eigenvalue weighted by atomic mass is 32.1. The SMILES string of the molecule is O=C(O)Cc1ccc(-c2csc(-c3cnccn3)n2)s1. The Morgan fingerprint density at radius 3 is 2.90 bits per heavy atom. The van der Waals surface area contributed by atoms with Gasteiger partial charge in [-0.15, -0.1) is 22.7 Å². The molecular weight excluding hydrogens is 294 g/mol. The van der Waals surface area contributed by atoms with Gasteiger partial charge in [-0.05, 0) is 12.1 Å². The summed E-state index contributed by atoms with van der Waals surface area (Å²) in [6, 6.07) is 3.73. The summed E-state index contributed by atoms with van der Waals surface area (Å²) >= 11 is 2.95. The van der Waals surface area contributed by atoms with Crippen LogP contribution in [0, 0.1) is 0 Å². The zero-order valence-corrected chi connectivity index (χ0v) is 11.8. The van der Waals surface area contributed by atoms with Crippen molar-refractivity contribution in [2.45, 2.75) is 6.42 Å². The van der Waals surface area contributed by atoms with Crippen LogP contribution >= 0.6 is 22.7 Å². The van der Waals surface area contributed by atoms with Gasteiger partial charge in [0.15, 0.2) is 0 Å². The summed E-state index contributed by atoms with van der Waals surface area (Å²) in [6.07, 6.45) is 4.97. The molecule has 100 valence electrons. The maximum absolute atomic E-state index is 10.7. The Kier molecular flexibility index (Phi) is 3.53. The third kappa shape index (κ3) is 2.73. The molecule has 0 atom stereocenters. The Bertz CT molecular complexity index is 737. The summed E-state index contributed by atoms with van der Waals surface area (Å²) in [6.45, 7) is 0. The van der Waals surface area contributed by atoms with Crippen LogP contribution in [0.4, 0.5) is 0 Å². The quantitative estimate of drug-likeness (QED) is 0.802. The average Bonchev–Trinajstić information content (AvgIpc) is 3.07. The molecule has 0 saturated carbocycles. The summed E-state index contributed by atoms with van der Waals surface area (Å²) in [5.41, 5.74) is 1.59. The fourth-order valence-corrected chi connectivity index (χ4v) is 3.49. The van der Waals surface area contributed by atoms with Crippen molar-refractivity contribution in [3.8, 4) is 21.3 Å². The van der Waals surface area contributed by atoms with Crippen molar-refractivity contribution in [2.75, 3.05) is 0 Å². The highest BCUT2D eigenvalue weighted by Gasteiger charge is 2.11. The van der Waals surface area contributed by atoms with Gasteiger partial charge in [0, 0.05) is 22.7 Å². The predicted molar refractivity (Wildman–Crippen MR) is 77.8 cm³/mol. The zero-order chi connectivity index (χ0) is 13.9. The van der Waals surface area contributed by atoms with E-state index in [1.807, 2.05) is 17.5 Å². The molecule has 1 N–H and O–H groups in total. The van der Waals surface area contributed by atoms with Gasteiger partial charge >= 0.3 is 5.97 Å². The van der Waals surface area contributed by atoms with Crippen LogP contribution in [0.1, 0.15) is 4.88 Å². The van der Waals surface area contributed by atoms with Crippen LogP contribution in [0.2, 0.25) is 0 Å². The lowest BCUT2D eigenvalue weighted by atomic mass is 10.3. The molecule has 0 aliphatic rings. The minimum absolute atomic E-state index is 0.0474. The predicted octanol–water partition coefficient (Wildman–Crippen LogP) is 2.96. The van der Waals surface area contributed by atoms with E-state index in [0.29, 0.717) is 0 Å². The molecule has 3 aromatic heterocycles. The van der Waals surface area contributed by atoms with Crippen molar-refractivity contribution in [1.29, 1.82) is 0 Å². The molecule has 0 unspecified atom stereocenters. The van der Waals surface area contributed by atoms with Crippen LogP contribution in [0.3, 0.4) is 0 Å². The maximum atomic E-state index is 10.7. The molecule has 0 fully saturated rings. The van der Waals surface area contributed by atoms with Crippen molar-refractivity contribution in [2.24, 2.45) is 0 Å². The first-order valence-corrected chi connectivity index (χ1v) is 7.45. The lowest BCUT2D eigenvalue weighted by Crippen LogP contribution is -1.96. The van der Waals surface area contributed by atoms with Gasteiger partial charge in [0.2, 0.25) is 0 Å². The Labute approximate surface area is 122 Å². The fourth-order valence-electron chi connectivity index (χ4n) is 1.67. The summed E-state index contributed by atoms with van der Waals surface area (Å²) in [5.74, 6) is -0.822. The van der Waals surface area contributed by atoms with Crippen LogP contribution in [0.15, 0.2) is 36.1 Å². The van der Waals surface area contributed by atoms with E-state index < -0.39 is 5.97 Å². The first kappa shape index (κ1) is 12.9. The van der Waals surface area contributed by atoms with Crippen LogP contribution in [-0.2, 0) is 11.2 Å². The average molecular weight is 303 g/mol. The number of aliphatic carboxylic acids is 1. The second kappa shape index (κ2) is 5.48. The van der Waals surface area contributed by atoms with Gasteiger partial charge in [-0.3, -0.25) is 14.8 Å². The Morgan fingerprint density at radius 1 is 1.25 bits per heavy atom. The second-order valence-electron chi connectivity index (χ2n) is 3.97. The van der Waals surface area contributed by atoms with Crippen molar-refractivity contribution in [3.05, 3.63) is 41.0 Å². The molecule has 3 rings (SSSR count). The molecule has 0 aliphatic heterocycles. The number of hydrogen-bond acceptors (Lipinski definition) is 6. The molecule has 20 heavy (non-hydrogen) atoms. The maximum Gasteiger partial charge on any atom is 0.308 e. The van der Waals surface area contributed by atoms with Gasteiger partial charge in [0.05, 0.1) is 23.2 Å². The molecule has 7 heteroatoms. The molecule has 0 aliphatic carbocycles. The molecule has 0 bridgehead atoms. The van der Waals surface area contributed by atoms with Crippen molar-refractivity contribution >= 4 is 28.6 Å². The number of hydrogen-bond donors (Lipinski definition) is 1. The van der Waals surface area contributed by atoms with E-state index >= 15 is 0 Å². The summed E-state index contributed by atoms with van der Waals surface area (Å²) in [5, 5.41) is 11.5. The van der Waals surface area contributed by atoms with E-state index in [1.165, 1.54) is 22.7 Å². The van der Waals surface area contributed by atoms with Crippen molar-refractivity contribution in [1.82, 2.24) is 15.0 Å².